The van der Waals surface area contributed by atoms with Crippen molar-refractivity contribution < 1.29 is 9.53 Å². The van der Waals surface area contributed by atoms with Gasteiger partial charge in [0.05, 0.1) is 13.2 Å². The van der Waals surface area contributed by atoms with Crippen LogP contribution in [-0.2, 0) is 16.1 Å². The monoisotopic (exact) mass is 340 g/mol. The predicted octanol–water partition coefficient (Wildman–Crippen LogP) is 2.77. The maximum Gasteiger partial charge on any atom is 0.220 e. The normalized spacial score (nSPS) is 18.7. The van der Waals surface area contributed by atoms with E-state index in [9.17, 15) is 4.79 Å². The van der Waals surface area contributed by atoms with E-state index in [1.807, 2.05) is 30.3 Å². The van der Waals surface area contributed by atoms with Gasteiger partial charge < -0.3 is 15.4 Å². The number of halogens is 1. The highest BCUT2D eigenvalue weighted by molar-refractivity contribution is 5.85. The first-order valence-corrected chi connectivity index (χ1v) is 8.35. The Morgan fingerprint density at radius 2 is 2.17 bits per heavy atom. The van der Waals surface area contributed by atoms with Gasteiger partial charge in [0.15, 0.2) is 0 Å². The lowest BCUT2D eigenvalue weighted by Gasteiger charge is -2.28. The lowest BCUT2D eigenvalue weighted by molar-refractivity contribution is -0.122. The molecule has 0 aliphatic carbocycles. The first kappa shape index (κ1) is 19.9. The molecular weight excluding hydrogens is 312 g/mol. The summed E-state index contributed by atoms with van der Waals surface area (Å²) in [5.74, 6) is 1.22. The Kier molecular flexibility index (Phi) is 9.92. The lowest BCUT2D eigenvalue weighted by Crippen LogP contribution is -2.36. The third kappa shape index (κ3) is 7.82. The zero-order valence-electron chi connectivity index (χ0n) is 13.9. The number of benzene rings is 1. The van der Waals surface area contributed by atoms with E-state index in [1.165, 1.54) is 12.8 Å². The summed E-state index contributed by atoms with van der Waals surface area (Å²) < 4.78 is 5.57. The molecule has 1 heterocycles. The minimum atomic E-state index is 0. The molecule has 1 saturated heterocycles. The van der Waals surface area contributed by atoms with Crippen LogP contribution in [-0.4, -0.2) is 32.1 Å². The fourth-order valence-corrected chi connectivity index (χ4v) is 2.92. The van der Waals surface area contributed by atoms with E-state index < -0.39 is 0 Å². The molecule has 1 aliphatic rings. The summed E-state index contributed by atoms with van der Waals surface area (Å²) >= 11 is 0. The van der Waals surface area contributed by atoms with E-state index in [2.05, 4.69) is 17.6 Å². The summed E-state index contributed by atoms with van der Waals surface area (Å²) in [6.45, 7) is 6.09. The molecule has 23 heavy (non-hydrogen) atoms. The summed E-state index contributed by atoms with van der Waals surface area (Å²) in [7, 11) is 0. The molecule has 2 atom stereocenters. The molecule has 1 fully saturated rings. The second-order valence-corrected chi connectivity index (χ2v) is 6.18. The largest absolute Gasteiger partial charge is 0.375 e. The van der Waals surface area contributed by atoms with Crippen molar-refractivity contribution in [2.45, 2.75) is 32.8 Å². The van der Waals surface area contributed by atoms with Crippen LogP contribution < -0.4 is 10.6 Å². The molecule has 0 spiro atoms. The number of carbonyl (C=O) groups excluding carboxylic acids is 1. The number of ether oxygens (including phenoxy) is 1. The van der Waals surface area contributed by atoms with Gasteiger partial charge in [-0.15, -0.1) is 12.4 Å². The number of hydrogen-bond donors (Lipinski definition) is 2. The third-order valence-electron chi connectivity index (χ3n) is 4.33. The summed E-state index contributed by atoms with van der Waals surface area (Å²) in [5.41, 5.74) is 1.16. The first-order chi connectivity index (χ1) is 10.8. The van der Waals surface area contributed by atoms with Gasteiger partial charge in [0.1, 0.15) is 0 Å². The molecule has 4 nitrogen and oxygen atoms in total. The number of carbonyl (C=O) groups is 1. The van der Waals surface area contributed by atoms with Crippen molar-refractivity contribution in [1.29, 1.82) is 0 Å². The molecule has 0 saturated carbocycles. The number of piperidine rings is 1. The lowest BCUT2D eigenvalue weighted by atomic mass is 9.85. The molecule has 5 heteroatoms. The highest BCUT2D eigenvalue weighted by Gasteiger charge is 2.21. The number of hydrogen-bond acceptors (Lipinski definition) is 3. The molecule has 1 aromatic rings. The fraction of sp³-hybridized carbons (Fsp3) is 0.611. The van der Waals surface area contributed by atoms with Gasteiger partial charge in [0, 0.05) is 13.0 Å². The Hall–Kier alpha value is -1.10. The van der Waals surface area contributed by atoms with Crippen LogP contribution in [0.5, 0.6) is 0 Å². The maximum absolute atomic E-state index is 11.9. The molecule has 1 aromatic carbocycles. The molecule has 1 aliphatic heterocycles. The van der Waals surface area contributed by atoms with Crippen molar-refractivity contribution in [3.63, 3.8) is 0 Å². The van der Waals surface area contributed by atoms with Crippen LogP contribution in [0, 0.1) is 11.8 Å². The standard InChI is InChI=1S/C18H28N2O2.ClH/c1-15(17-8-5-9-19-13-17)12-18(21)20-10-11-22-14-16-6-3-2-4-7-16;/h2-4,6-7,15,17,19H,5,8-14H2,1H3,(H,20,21);1H. The Bertz CT molecular complexity index is 436. The van der Waals surface area contributed by atoms with Crippen molar-refractivity contribution in [2.75, 3.05) is 26.2 Å². The molecule has 130 valence electrons. The van der Waals surface area contributed by atoms with Crippen LogP contribution in [0.25, 0.3) is 0 Å². The molecule has 0 aromatic heterocycles. The summed E-state index contributed by atoms with van der Waals surface area (Å²) in [4.78, 5) is 11.9. The SMILES string of the molecule is CC(CC(=O)NCCOCc1ccccc1)C1CCCNC1.Cl. The quantitative estimate of drug-likeness (QED) is 0.715. The average Bonchev–Trinajstić information content (AvgIpc) is 2.56. The number of rotatable bonds is 8. The molecule has 0 radical (unpaired) electrons. The van der Waals surface area contributed by atoms with Crippen LogP contribution in [0.4, 0.5) is 0 Å². The van der Waals surface area contributed by atoms with Gasteiger partial charge in [-0.2, -0.15) is 0 Å². The number of nitrogens with one attached hydrogen (secondary N) is 2. The van der Waals surface area contributed by atoms with Crippen molar-refractivity contribution in [1.82, 2.24) is 10.6 Å². The Balaban J connectivity index is 0.00000264. The van der Waals surface area contributed by atoms with E-state index in [1.54, 1.807) is 0 Å². The third-order valence-corrected chi connectivity index (χ3v) is 4.33. The summed E-state index contributed by atoms with van der Waals surface area (Å²) in [6.07, 6.45) is 3.08. The maximum atomic E-state index is 11.9. The minimum Gasteiger partial charge on any atom is -0.375 e. The molecule has 0 bridgehead atoms. The van der Waals surface area contributed by atoms with Crippen LogP contribution >= 0.6 is 12.4 Å². The molecule has 2 N–H and O–H groups in total. The van der Waals surface area contributed by atoms with Gasteiger partial charge in [0.2, 0.25) is 5.91 Å². The predicted molar refractivity (Wildman–Crippen MR) is 95.7 cm³/mol. The number of amides is 1. The van der Waals surface area contributed by atoms with Crippen molar-refractivity contribution in [2.24, 2.45) is 11.8 Å². The molecule has 2 unspecified atom stereocenters. The smallest absolute Gasteiger partial charge is 0.220 e. The van der Waals surface area contributed by atoms with E-state index in [-0.39, 0.29) is 18.3 Å². The fourth-order valence-electron chi connectivity index (χ4n) is 2.92. The van der Waals surface area contributed by atoms with Crippen LogP contribution in [0.3, 0.4) is 0 Å². The van der Waals surface area contributed by atoms with E-state index in [0.29, 0.717) is 38.0 Å². The minimum absolute atomic E-state index is 0. The van der Waals surface area contributed by atoms with E-state index >= 15 is 0 Å². The highest BCUT2D eigenvalue weighted by Crippen LogP contribution is 2.22. The molecular formula is C18H29ClN2O2. The Morgan fingerprint density at radius 1 is 1.39 bits per heavy atom. The summed E-state index contributed by atoms with van der Waals surface area (Å²) in [5, 5.41) is 6.37. The van der Waals surface area contributed by atoms with Crippen molar-refractivity contribution >= 4 is 18.3 Å². The topological polar surface area (TPSA) is 50.4 Å². The molecule has 2 rings (SSSR count). The van der Waals surface area contributed by atoms with Gasteiger partial charge >= 0.3 is 0 Å². The van der Waals surface area contributed by atoms with Crippen LogP contribution in [0.2, 0.25) is 0 Å². The van der Waals surface area contributed by atoms with Gasteiger partial charge in [-0.25, -0.2) is 0 Å². The first-order valence-electron chi connectivity index (χ1n) is 8.35. The van der Waals surface area contributed by atoms with E-state index in [0.717, 1.165) is 18.7 Å². The zero-order chi connectivity index (χ0) is 15.6. The van der Waals surface area contributed by atoms with Gasteiger partial charge in [-0.1, -0.05) is 37.3 Å². The van der Waals surface area contributed by atoms with Gasteiger partial charge in [-0.3, -0.25) is 4.79 Å². The van der Waals surface area contributed by atoms with Crippen LogP contribution in [0.1, 0.15) is 31.7 Å². The second kappa shape index (κ2) is 11.4. The van der Waals surface area contributed by atoms with Crippen molar-refractivity contribution in [3.05, 3.63) is 35.9 Å². The highest BCUT2D eigenvalue weighted by atomic mass is 35.5. The van der Waals surface area contributed by atoms with Crippen LogP contribution in [0.15, 0.2) is 30.3 Å². The Morgan fingerprint density at radius 3 is 2.87 bits per heavy atom. The zero-order valence-corrected chi connectivity index (χ0v) is 14.7. The average molecular weight is 341 g/mol. The summed E-state index contributed by atoms with van der Waals surface area (Å²) in [6, 6.07) is 10.1. The van der Waals surface area contributed by atoms with Gasteiger partial charge in [0.25, 0.3) is 0 Å². The Labute approximate surface area is 145 Å². The molecule has 1 amide bonds. The van der Waals surface area contributed by atoms with Crippen molar-refractivity contribution in [3.8, 4) is 0 Å². The van der Waals surface area contributed by atoms with Gasteiger partial charge in [-0.05, 0) is 43.3 Å². The second-order valence-electron chi connectivity index (χ2n) is 6.18. The van der Waals surface area contributed by atoms with E-state index in [4.69, 9.17) is 4.74 Å².